The standard InChI is InChI=1S/C17H13ClF2N4O3/c18-17(19,20)16-23-15(24-27-16)9-3-5-10(6-4-9)22-12-11(13(25)14(12)26)21-7-8-1-2-8/h3-6,8,21-22H,1-2,7H2. The SMILES string of the molecule is O=c1c(NCC2CC2)c(Nc2ccc(-c3noc(C(F)(F)Cl)n3)cc2)c1=O. The number of halogens is 3. The van der Waals surface area contributed by atoms with Crippen molar-refractivity contribution >= 4 is 28.7 Å². The quantitative estimate of drug-likeness (QED) is 0.469. The van der Waals surface area contributed by atoms with Gasteiger partial charge in [-0.25, -0.2) is 0 Å². The van der Waals surface area contributed by atoms with Crippen LogP contribution in [0.5, 0.6) is 0 Å². The predicted molar refractivity (Wildman–Crippen MR) is 95.3 cm³/mol. The van der Waals surface area contributed by atoms with E-state index in [-0.39, 0.29) is 11.5 Å². The molecule has 0 amide bonds. The Kier molecular flexibility index (Phi) is 4.18. The van der Waals surface area contributed by atoms with Crippen molar-refractivity contribution in [3.8, 4) is 11.4 Å². The maximum atomic E-state index is 12.9. The fraction of sp³-hybridized carbons (Fsp3) is 0.294. The summed E-state index contributed by atoms with van der Waals surface area (Å²) in [4.78, 5) is 27.1. The van der Waals surface area contributed by atoms with Gasteiger partial charge in [-0.05, 0) is 54.6 Å². The van der Waals surface area contributed by atoms with Gasteiger partial charge in [0.2, 0.25) is 5.82 Å². The fourth-order valence-electron chi connectivity index (χ4n) is 2.55. The summed E-state index contributed by atoms with van der Waals surface area (Å²) in [5, 5.41) is 5.65. The number of rotatable bonds is 7. The summed E-state index contributed by atoms with van der Waals surface area (Å²) in [7, 11) is 0. The van der Waals surface area contributed by atoms with E-state index in [0.29, 0.717) is 29.4 Å². The molecule has 0 unspecified atom stereocenters. The highest BCUT2D eigenvalue weighted by Gasteiger charge is 2.35. The normalized spacial score (nSPS) is 14.5. The molecule has 2 aromatic carbocycles. The Balaban J connectivity index is 1.48. The molecule has 3 aromatic rings. The van der Waals surface area contributed by atoms with Crippen LogP contribution in [0.15, 0.2) is 38.4 Å². The van der Waals surface area contributed by atoms with Crippen molar-refractivity contribution in [3.05, 3.63) is 50.6 Å². The molecule has 7 nitrogen and oxygen atoms in total. The minimum absolute atomic E-state index is 0.0437. The lowest BCUT2D eigenvalue weighted by molar-refractivity contribution is 0.0551. The molecule has 10 heteroatoms. The third kappa shape index (κ3) is 3.55. The molecule has 140 valence electrons. The van der Waals surface area contributed by atoms with Crippen LogP contribution >= 0.6 is 11.6 Å². The topological polar surface area (TPSA) is 97.1 Å². The Morgan fingerprint density at radius 3 is 2.41 bits per heavy atom. The van der Waals surface area contributed by atoms with Crippen LogP contribution in [0.1, 0.15) is 18.7 Å². The minimum atomic E-state index is -3.74. The molecule has 2 N–H and O–H groups in total. The second-order valence-corrected chi connectivity index (χ2v) is 6.83. The number of nitrogens with one attached hydrogen (secondary N) is 2. The van der Waals surface area contributed by atoms with E-state index in [9.17, 15) is 18.4 Å². The van der Waals surface area contributed by atoms with E-state index in [2.05, 4.69) is 25.3 Å². The summed E-state index contributed by atoms with van der Waals surface area (Å²) in [6, 6.07) is 6.33. The Morgan fingerprint density at radius 2 is 1.81 bits per heavy atom. The van der Waals surface area contributed by atoms with E-state index in [4.69, 9.17) is 11.6 Å². The van der Waals surface area contributed by atoms with Gasteiger partial charge in [-0.3, -0.25) is 9.59 Å². The molecular formula is C17H13ClF2N4O3. The van der Waals surface area contributed by atoms with Crippen LogP contribution in [0, 0.1) is 5.92 Å². The van der Waals surface area contributed by atoms with Gasteiger partial charge in [0, 0.05) is 17.8 Å². The average molecular weight is 395 g/mol. The second kappa shape index (κ2) is 6.41. The van der Waals surface area contributed by atoms with Gasteiger partial charge in [-0.2, -0.15) is 13.8 Å². The van der Waals surface area contributed by atoms with Gasteiger partial charge in [0.1, 0.15) is 11.4 Å². The maximum Gasteiger partial charge on any atom is 0.400 e. The van der Waals surface area contributed by atoms with Crippen molar-refractivity contribution in [1.29, 1.82) is 0 Å². The van der Waals surface area contributed by atoms with Crippen LogP contribution in [-0.4, -0.2) is 16.7 Å². The smallest absolute Gasteiger partial charge is 0.380 e. The van der Waals surface area contributed by atoms with Gasteiger partial charge in [-0.15, -0.1) is 0 Å². The average Bonchev–Trinajstić information content (AvgIpc) is 3.32. The molecule has 0 aliphatic heterocycles. The summed E-state index contributed by atoms with van der Waals surface area (Å²) in [6.07, 6.45) is 2.25. The largest absolute Gasteiger partial charge is 0.400 e. The number of aromatic nitrogens is 2. The molecule has 27 heavy (non-hydrogen) atoms. The van der Waals surface area contributed by atoms with Crippen LogP contribution in [-0.2, 0) is 5.38 Å². The zero-order valence-corrected chi connectivity index (χ0v) is 14.5. The first-order valence-electron chi connectivity index (χ1n) is 8.18. The highest BCUT2D eigenvalue weighted by Crippen LogP contribution is 2.33. The monoisotopic (exact) mass is 394 g/mol. The number of hydrogen-bond acceptors (Lipinski definition) is 7. The van der Waals surface area contributed by atoms with E-state index < -0.39 is 22.1 Å². The van der Waals surface area contributed by atoms with Crippen molar-refractivity contribution < 1.29 is 13.3 Å². The predicted octanol–water partition coefficient (Wildman–Crippen LogP) is 3.19. The summed E-state index contributed by atoms with van der Waals surface area (Å²) in [5.41, 5.74) is 0.376. The molecule has 1 fully saturated rings. The maximum absolute atomic E-state index is 12.9. The van der Waals surface area contributed by atoms with Gasteiger partial charge in [0.25, 0.3) is 10.9 Å². The van der Waals surface area contributed by atoms with Gasteiger partial charge in [0.15, 0.2) is 0 Å². The zero-order chi connectivity index (χ0) is 19.2. The van der Waals surface area contributed by atoms with Crippen molar-refractivity contribution in [3.63, 3.8) is 0 Å². The molecule has 0 atom stereocenters. The van der Waals surface area contributed by atoms with E-state index >= 15 is 0 Å². The summed E-state index contributed by atoms with van der Waals surface area (Å²) >= 11 is 4.84. The molecule has 0 radical (unpaired) electrons. The lowest BCUT2D eigenvalue weighted by Crippen LogP contribution is -2.37. The van der Waals surface area contributed by atoms with Crippen LogP contribution in [0.4, 0.5) is 25.8 Å². The number of alkyl halides is 3. The number of nitrogens with zero attached hydrogens (tertiary/aromatic N) is 2. The number of hydrogen-bond donors (Lipinski definition) is 2. The van der Waals surface area contributed by atoms with Crippen LogP contribution in [0.2, 0.25) is 0 Å². The van der Waals surface area contributed by atoms with E-state index in [1.807, 2.05) is 0 Å². The highest BCUT2D eigenvalue weighted by molar-refractivity contribution is 6.21. The summed E-state index contributed by atoms with van der Waals surface area (Å²) in [6.45, 7) is 0.670. The zero-order valence-electron chi connectivity index (χ0n) is 13.8. The lowest BCUT2D eigenvalue weighted by atomic mass is 10.1. The number of anilines is 3. The van der Waals surface area contributed by atoms with Crippen molar-refractivity contribution in [2.24, 2.45) is 5.92 Å². The van der Waals surface area contributed by atoms with Crippen molar-refractivity contribution in [2.75, 3.05) is 17.2 Å². The van der Waals surface area contributed by atoms with Gasteiger partial charge < -0.3 is 15.2 Å². The first kappa shape index (κ1) is 17.6. The van der Waals surface area contributed by atoms with Crippen molar-refractivity contribution in [2.45, 2.75) is 18.2 Å². The van der Waals surface area contributed by atoms with Gasteiger partial charge in [0.05, 0.1) is 0 Å². The molecule has 0 saturated heterocycles. The Bertz CT molecular complexity index is 1050. The molecule has 1 aromatic heterocycles. The van der Waals surface area contributed by atoms with Gasteiger partial charge in [-0.1, -0.05) is 5.16 Å². The lowest BCUT2D eigenvalue weighted by Gasteiger charge is -2.14. The minimum Gasteiger partial charge on any atom is -0.380 e. The molecule has 1 heterocycles. The Hall–Kier alpha value is -2.81. The van der Waals surface area contributed by atoms with E-state index in [1.54, 1.807) is 24.3 Å². The number of benzene rings is 1. The fourth-order valence-corrected chi connectivity index (χ4v) is 2.63. The second-order valence-electron chi connectivity index (χ2n) is 6.36. The van der Waals surface area contributed by atoms with E-state index in [1.165, 1.54) is 0 Å². The molecule has 1 aliphatic rings. The van der Waals surface area contributed by atoms with E-state index in [0.717, 1.165) is 12.8 Å². The third-order valence-corrected chi connectivity index (χ3v) is 4.42. The van der Waals surface area contributed by atoms with Crippen LogP contribution < -0.4 is 21.5 Å². The molecule has 0 spiro atoms. The molecule has 1 aliphatic carbocycles. The highest BCUT2D eigenvalue weighted by atomic mass is 35.5. The first-order chi connectivity index (χ1) is 12.8. The van der Waals surface area contributed by atoms with Crippen LogP contribution in [0.25, 0.3) is 11.4 Å². The van der Waals surface area contributed by atoms with Crippen LogP contribution in [0.3, 0.4) is 0 Å². The Morgan fingerprint density at radius 1 is 1.15 bits per heavy atom. The molecule has 1 saturated carbocycles. The molecular weight excluding hydrogens is 382 g/mol. The summed E-state index contributed by atoms with van der Waals surface area (Å²) < 4.78 is 30.3. The molecule has 0 bridgehead atoms. The summed E-state index contributed by atoms with van der Waals surface area (Å²) in [5.74, 6) is -0.476. The third-order valence-electron chi connectivity index (χ3n) is 4.26. The first-order valence-corrected chi connectivity index (χ1v) is 8.56. The molecule has 4 rings (SSSR count). The van der Waals surface area contributed by atoms with Crippen molar-refractivity contribution in [1.82, 2.24) is 10.1 Å². The Labute approximate surface area is 156 Å². The van der Waals surface area contributed by atoms with Gasteiger partial charge >= 0.3 is 11.3 Å².